The zero-order valence-corrected chi connectivity index (χ0v) is 12.6. The molecule has 0 fully saturated rings. The van der Waals surface area contributed by atoms with Crippen LogP contribution < -0.4 is 10.1 Å². The van der Waals surface area contributed by atoms with Crippen LogP contribution in [0.3, 0.4) is 0 Å². The Morgan fingerprint density at radius 1 is 1.09 bits per heavy atom. The predicted octanol–water partition coefficient (Wildman–Crippen LogP) is 3.99. The van der Waals surface area contributed by atoms with E-state index in [4.69, 9.17) is 4.74 Å². The molecule has 1 atom stereocenters. The molecule has 0 aliphatic carbocycles. The van der Waals surface area contributed by atoms with Gasteiger partial charge in [0, 0.05) is 0 Å². The molecule has 0 saturated heterocycles. The molecule has 116 valence electrons. The van der Waals surface area contributed by atoms with Crippen LogP contribution in [0.4, 0.5) is 14.5 Å². The fourth-order valence-electron chi connectivity index (χ4n) is 1.89. The normalized spacial score (nSPS) is 11.9. The summed E-state index contributed by atoms with van der Waals surface area (Å²) in [5.41, 5.74) is 1.67. The van der Waals surface area contributed by atoms with Crippen LogP contribution in [0.15, 0.2) is 36.4 Å². The standard InChI is InChI=1S/C17H17F2NO2/c1-10-7-8-13(9-11(10)2)22-12(3)17(21)20-16-14(18)5-4-6-15(16)19/h4-9,12H,1-3H3,(H,20,21). The van der Waals surface area contributed by atoms with Crippen molar-refractivity contribution in [2.24, 2.45) is 0 Å². The number of rotatable bonds is 4. The number of nitrogens with one attached hydrogen (secondary N) is 1. The summed E-state index contributed by atoms with van der Waals surface area (Å²) in [4.78, 5) is 12.0. The third-order valence-electron chi connectivity index (χ3n) is 3.37. The van der Waals surface area contributed by atoms with Gasteiger partial charge in [0.2, 0.25) is 0 Å². The molecule has 0 heterocycles. The van der Waals surface area contributed by atoms with Crippen molar-refractivity contribution >= 4 is 11.6 Å². The Bertz CT molecular complexity index is 681. The van der Waals surface area contributed by atoms with Gasteiger partial charge in [-0.1, -0.05) is 12.1 Å². The SMILES string of the molecule is Cc1ccc(OC(C)C(=O)Nc2c(F)cccc2F)cc1C. The van der Waals surface area contributed by atoms with Crippen LogP contribution in [0.5, 0.6) is 5.75 Å². The van der Waals surface area contributed by atoms with E-state index >= 15 is 0 Å². The van der Waals surface area contributed by atoms with Crippen LogP contribution in [0.25, 0.3) is 0 Å². The molecule has 5 heteroatoms. The highest BCUT2D eigenvalue weighted by molar-refractivity contribution is 5.94. The van der Waals surface area contributed by atoms with E-state index in [1.807, 2.05) is 26.0 Å². The molecule has 22 heavy (non-hydrogen) atoms. The van der Waals surface area contributed by atoms with Gasteiger partial charge < -0.3 is 10.1 Å². The van der Waals surface area contributed by atoms with Gasteiger partial charge in [-0.3, -0.25) is 4.79 Å². The number of benzene rings is 2. The molecular formula is C17H17F2NO2. The minimum Gasteiger partial charge on any atom is -0.481 e. The number of aryl methyl sites for hydroxylation is 2. The summed E-state index contributed by atoms with van der Waals surface area (Å²) < 4.78 is 32.5. The smallest absolute Gasteiger partial charge is 0.265 e. The van der Waals surface area contributed by atoms with Gasteiger partial charge in [-0.2, -0.15) is 0 Å². The Morgan fingerprint density at radius 2 is 1.73 bits per heavy atom. The number of hydrogen-bond donors (Lipinski definition) is 1. The van der Waals surface area contributed by atoms with Gasteiger partial charge in [-0.15, -0.1) is 0 Å². The number of carbonyl (C=O) groups is 1. The van der Waals surface area contributed by atoms with Crippen molar-refractivity contribution in [3.63, 3.8) is 0 Å². The number of ether oxygens (including phenoxy) is 1. The summed E-state index contributed by atoms with van der Waals surface area (Å²) in [6.45, 7) is 5.42. The third kappa shape index (κ3) is 3.61. The quantitative estimate of drug-likeness (QED) is 0.927. The van der Waals surface area contributed by atoms with Gasteiger partial charge in [0.05, 0.1) is 0 Å². The summed E-state index contributed by atoms with van der Waals surface area (Å²) in [6, 6.07) is 8.82. The Kier molecular flexibility index (Phi) is 4.75. The molecule has 2 rings (SSSR count). The molecule has 0 spiro atoms. The third-order valence-corrected chi connectivity index (χ3v) is 3.37. The lowest BCUT2D eigenvalue weighted by Gasteiger charge is -2.16. The van der Waals surface area contributed by atoms with Gasteiger partial charge in [0.25, 0.3) is 5.91 Å². The van der Waals surface area contributed by atoms with E-state index in [9.17, 15) is 13.6 Å². The first-order valence-corrected chi connectivity index (χ1v) is 6.87. The molecule has 2 aromatic carbocycles. The highest BCUT2D eigenvalue weighted by atomic mass is 19.1. The molecule has 0 saturated carbocycles. The second kappa shape index (κ2) is 6.56. The second-order valence-electron chi connectivity index (χ2n) is 5.09. The highest BCUT2D eigenvalue weighted by Gasteiger charge is 2.18. The summed E-state index contributed by atoms with van der Waals surface area (Å²) in [5.74, 6) is -1.75. The average Bonchev–Trinajstić information content (AvgIpc) is 2.46. The van der Waals surface area contributed by atoms with Crippen molar-refractivity contribution in [2.45, 2.75) is 26.9 Å². The number of amides is 1. The lowest BCUT2D eigenvalue weighted by Crippen LogP contribution is -2.30. The number of halogens is 2. The predicted molar refractivity (Wildman–Crippen MR) is 81.0 cm³/mol. The molecule has 2 aromatic rings. The molecule has 1 amide bonds. The Morgan fingerprint density at radius 3 is 2.32 bits per heavy atom. The first-order valence-electron chi connectivity index (χ1n) is 6.87. The summed E-state index contributed by atoms with van der Waals surface area (Å²) in [5, 5.41) is 2.21. The van der Waals surface area contributed by atoms with Crippen molar-refractivity contribution in [1.29, 1.82) is 0 Å². The van der Waals surface area contributed by atoms with Crippen LogP contribution >= 0.6 is 0 Å². The Balaban J connectivity index is 2.07. The first kappa shape index (κ1) is 15.9. The van der Waals surface area contributed by atoms with E-state index in [1.165, 1.54) is 13.0 Å². The van der Waals surface area contributed by atoms with E-state index in [2.05, 4.69) is 5.32 Å². The van der Waals surface area contributed by atoms with Crippen LogP contribution in [0, 0.1) is 25.5 Å². The zero-order valence-electron chi connectivity index (χ0n) is 12.6. The van der Waals surface area contributed by atoms with Gasteiger partial charge in [0.1, 0.15) is 23.1 Å². The number of hydrogen-bond acceptors (Lipinski definition) is 2. The van der Waals surface area contributed by atoms with Crippen LogP contribution in [-0.2, 0) is 4.79 Å². The number of anilines is 1. The molecule has 3 nitrogen and oxygen atoms in total. The first-order chi connectivity index (χ1) is 10.4. The largest absolute Gasteiger partial charge is 0.481 e. The van der Waals surface area contributed by atoms with E-state index in [0.29, 0.717) is 5.75 Å². The van der Waals surface area contributed by atoms with Crippen LogP contribution in [0.2, 0.25) is 0 Å². The van der Waals surface area contributed by atoms with E-state index < -0.39 is 29.3 Å². The molecule has 0 radical (unpaired) electrons. The van der Waals surface area contributed by atoms with E-state index in [1.54, 1.807) is 6.07 Å². The van der Waals surface area contributed by atoms with Crippen molar-refractivity contribution < 1.29 is 18.3 Å². The maximum Gasteiger partial charge on any atom is 0.265 e. The molecule has 0 aliphatic rings. The Labute approximate surface area is 127 Å². The van der Waals surface area contributed by atoms with Crippen molar-refractivity contribution in [3.8, 4) is 5.75 Å². The van der Waals surface area contributed by atoms with Gasteiger partial charge in [-0.05, 0) is 56.2 Å². The summed E-state index contributed by atoms with van der Waals surface area (Å²) >= 11 is 0. The second-order valence-corrected chi connectivity index (χ2v) is 5.09. The fourth-order valence-corrected chi connectivity index (χ4v) is 1.89. The molecule has 1 unspecified atom stereocenters. The van der Waals surface area contributed by atoms with Crippen molar-refractivity contribution in [3.05, 3.63) is 59.2 Å². The van der Waals surface area contributed by atoms with Gasteiger partial charge in [-0.25, -0.2) is 8.78 Å². The Hall–Kier alpha value is -2.43. The summed E-state index contributed by atoms with van der Waals surface area (Å²) in [7, 11) is 0. The molecular weight excluding hydrogens is 288 g/mol. The highest BCUT2D eigenvalue weighted by Crippen LogP contribution is 2.20. The number of para-hydroxylation sites is 1. The topological polar surface area (TPSA) is 38.3 Å². The zero-order chi connectivity index (χ0) is 16.3. The molecule has 0 aromatic heterocycles. The minimum absolute atomic E-state index is 0.469. The monoisotopic (exact) mass is 305 g/mol. The lowest BCUT2D eigenvalue weighted by molar-refractivity contribution is -0.122. The maximum atomic E-state index is 13.5. The lowest BCUT2D eigenvalue weighted by atomic mass is 10.1. The molecule has 0 aliphatic heterocycles. The average molecular weight is 305 g/mol. The molecule has 1 N–H and O–H groups in total. The number of carbonyl (C=O) groups excluding carboxylic acids is 1. The van der Waals surface area contributed by atoms with Crippen molar-refractivity contribution in [2.75, 3.05) is 5.32 Å². The van der Waals surface area contributed by atoms with E-state index in [0.717, 1.165) is 23.3 Å². The fraction of sp³-hybridized carbons (Fsp3) is 0.235. The maximum absolute atomic E-state index is 13.5. The summed E-state index contributed by atoms with van der Waals surface area (Å²) in [6.07, 6.45) is -0.888. The van der Waals surface area contributed by atoms with Gasteiger partial charge >= 0.3 is 0 Å². The molecule has 0 bridgehead atoms. The van der Waals surface area contributed by atoms with Crippen LogP contribution in [0.1, 0.15) is 18.1 Å². The van der Waals surface area contributed by atoms with Crippen LogP contribution in [-0.4, -0.2) is 12.0 Å². The minimum atomic E-state index is -0.888. The van der Waals surface area contributed by atoms with Crippen molar-refractivity contribution in [1.82, 2.24) is 0 Å². The van der Waals surface area contributed by atoms with Gasteiger partial charge in [0.15, 0.2) is 6.10 Å². The van der Waals surface area contributed by atoms with E-state index in [-0.39, 0.29) is 0 Å².